The van der Waals surface area contributed by atoms with Crippen LogP contribution in [0.3, 0.4) is 0 Å². The first kappa shape index (κ1) is 20.7. The Balaban J connectivity index is 0. The SMILES string of the molecule is C/C=C\C=C\C.CCC.Cc1ccc(C(F)(F)F)cn1. The van der Waals surface area contributed by atoms with E-state index in [4.69, 9.17) is 0 Å². The molecule has 0 aromatic carbocycles. The topological polar surface area (TPSA) is 12.9 Å². The van der Waals surface area contributed by atoms with Gasteiger partial charge in [-0.15, -0.1) is 0 Å². The summed E-state index contributed by atoms with van der Waals surface area (Å²) in [5, 5.41) is 0. The zero-order chi connectivity index (χ0) is 16.0. The Hall–Kier alpha value is -1.58. The molecule has 0 aliphatic rings. The van der Waals surface area contributed by atoms with Gasteiger partial charge < -0.3 is 0 Å². The molecule has 1 aromatic rings. The van der Waals surface area contributed by atoms with Crippen molar-refractivity contribution in [1.82, 2.24) is 4.98 Å². The van der Waals surface area contributed by atoms with E-state index in [-0.39, 0.29) is 0 Å². The molecule has 0 saturated heterocycles. The molecule has 1 heterocycles. The van der Waals surface area contributed by atoms with Crippen LogP contribution < -0.4 is 0 Å². The minimum Gasteiger partial charge on any atom is -0.261 e. The van der Waals surface area contributed by atoms with Crippen molar-refractivity contribution in [2.45, 2.75) is 47.2 Å². The van der Waals surface area contributed by atoms with Crippen LogP contribution in [0.2, 0.25) is 0 Å². The van der Waals surface area contributed by atoms with Gasteiger partial charge in [-0.1, -0.05) is 44.6 Å². The fourth-order valence-corrected chi connectivity index (χ4v) is 0.858. The lowest BCUT2D eigenvalue weighted by Gasteiger charge is -2.04. The molecule has 0 N–H and O–H groups in total. The zero-order valence-corrected chi connectivity index (χ0v) is 12.8. The third-order valence-electron chi connectivity index (χ3n) is 1.73. The van der Waals surface area contributed by atoms with E-state index in [0.29, 0.717) is 5.69 Å². The molecule has 0 unspecified atom stereocenters. The molecule has 0 saturated carbocycles. The number of hydrogen-bond acceptors (Lipinski definition) is 1. The molecule has 114 valence electrons. The Bertz CT molecular complexity index is 366. The lowest BCUT2D eigenvalue weighted by atomic mass is 10.2. The van der Waals surface area contributed by atoms with Crippen molar-refractivity contribution in [3.63, 3.8) is 0 Å². The predicted octanol–water partition coefficient (Wildman–Crippen LogP) is 5.96. The average molecular weight is 287 g/mol. The van der Waals surface area contributed by atoms with Crippen molar-refractivity contribution in [3.05, 3.63) is 53.9 Å². The maximum absolute atomic E-state index is 11.9. The van der Waals surface area contributed by atoms with Crippen LogP contribution in [0.4, 0.5) is 13.2 Å². The summed E-state index contributed by atoms with van der Waals surface area (Å²) >= 11 is 0. The van der Waals surface area contributed by atoms with Gasteiger partial charge in [0.1, 0.15) is 0 Å². The second-order valence-corrected chi connectivity index (χ2v) is 3.94. The number of hydrogen-bond donors (Lipinski definition) is 0. The Morgan fingerprint density at radius 1 is 1.05 bits per heavy atom. The number of aromatic nitrogens is 1. The minimum atomic E-state index is -4.28. The fourth-order valence-electron chi connectivity index (χ4n) is 0.858. The summed E-state index contributed by atoms with van der Waals surface area (Å²) in [6, 6.07) is 2.35. The standard InChI is InChI=1S/C7H6F3N.C6H10.C3H8/c1-5-2-3-6(4-11-5)7(8,9)10;1-3-5-6-4-2;1-3-2/h2-4H,1H3;3-6H,1-2H3;3H2,1-2H3/b;5-3-,6-4+;. The largest absolute Gasteiger partial charge is 0.417 e. The monoisotopic (exact) mass is 287 g/mol. The van der Waals surface area contributed by atoms with Crippen molar-refractivity contribution in [2.75, 3.05) is 0 Å². The second-order valence-electron chi connectivity index (χ2n) is 3.94. The number of aryl methyl sites for hydroxylation is 1. The lowest BCUT2D eigenvalue weighted by molar-refractivity contribution is -0.137. The van der Waals surface area contributed by atoms with Crippen LogP contribution in [-0.4, -0.2) is 4.98 Å². The average Bonchev–Trinajstić information content (AvgIpc) is 2.37. The first-order valence-electron chi connectivity index (χ1n) is 6.57. The molecule has 0 fully saturated rings. The summed E-state index contributed by atoms with van der Waals surface area (Å²) < 4.78 is 35.6. The fraction of sp³-hybridized carbons (Fsp3) is 0.438. The molecule has 0 radical (unpaired) electrons. The van der Waals surface area contributed by atoms with Gasteiger partial charge in [0.2, 0.25) is 0 Å². The summed E-state index contributed by atoms with van der Waals surface area (Å²) in [7, 11) is 0. The molecule has 1 aromatic heterocycles. The van der Waals surface area contributed by atoms with Gasteiger partial charge in [0, 0.05) is 11.9 Å². The summed E-state index contributed by atoms with van der Waals surface area (Å²) in [6.45, 7) is 9.89. The van der Waals surface area contributed by atoms with Gasteiger partial charge in [0.25, 0.3) is 0 Å². The van der Waals surface area contributed by atoms with E-state index in [0.717, 1.165) is 12.3 Å². The Kier molecular flexibility index (Phi) is 12.9. The van der Waals surface area contributed by atoms with Crippen molar-refractivity contribution in [2.24, 2.45) is 0 Å². The van der Waals surface area contributed by atoms with Gasteiger partial charge >= 0.3 is 6.18 Å². The highest BCUT2D eigenvalue weighted by Crippen LogP contribution is 2.28. The molecule has 0 bridgehead atoms. The highest BCUT2D eigenvalue weighted by molar-refractivity contribution is 5.15. The van der Waals surface area contributed by atoms with Crippen LogP contribution in [0.25, 0.3) is 0 Å². The van der Waals surface area contributed by atoms with Gasteiger partial charge in [-0.25, -0.2) is 0 Å². The van der Waals surface area contributed by atoms with Gasteiger partial charge in [-0.2, -0.15) is 13.2 Å². The van der Waals surface area contributed by atoms with Gasteiger partial charge in [0.15, 0.2) is 0 Å². The number of alkyl halides is 3. The van der Waals surface area contributed by atoms with E-state index in [1.54, 1.807) is 6.92 Å². The molecule has 1 rings (SSSR count). The third-order valence-corrected chi connectivity index (χ3v) is 1.73. The molecular weight excluding hydrogens is 263 g/mol. The quantitative estimate of drug-likeness (QED) is 0.580. The Morgan fingerprint density at radius 2 is 1.50 bits per heavy atom. The van der Waals surface area contributed by atoms with Crippen molar-refractivity contribution in [3.8, 4) is 0 Å². The van der Waals surface area contributed by atoms with Crippen LogP contribution in [0.15, 0.2) is 42.6 Å². The molecule has 0 spiro atoms. The number of pyridine rings is 1. The van der Waals surface area contributed by atoms with Crippen LogP contribution in [0.1, 0.15) is 45.4 Å². The minimum absolute atomic E-state index is 0.581. The normalized spacial score (nSPS) is 10.8. The lowest BCUT2D eigenvalue weighted by Crippen LogP contribution is -2.05. The van der Waals surface area contributed by atoms with E-state index in [2.05, 4.69) is 18.8 Å². The molecular formula is C16H24F3N. The summed E-state index contributed by atoms with van der Waals surface area (Å²) in [5.74, 6) is 0. The summed E-state index contributed by atoms with van der Waals surface area (Å²) in [5.41, 5.74) is -0.124. The van der Waals surface area contributed by atoms with Crippen molar-refractivity contribution >= 4 is 0 Å². The van der Waals surface area contributed by atoms with E-state index in [9.17, 15) is 13.2 Å². The van der Waals surface area contributed by atoms with E-state index >= 15 is 0 Å². The predicted molar refractivity (Wildman–Crippen MR) is 79.6 cm³/mol. The molecule has 4 heteroatoms. The molecule has 0 atom stereocenters. The Labute approximate surface area is 120 Å². The highest BCUT2D eigenvalue weighted by atomic mass is 19.4. The maximum atomic E-state index is 11.9. The molecule has 1 nitrogen and oxygen atoms in total. The Morgan fingerprint density at radius 3 is 1.75 bits per heavy atom. The van der Waals surface area contributed by atoms with Gasteiger partial charge in [-0.3, -0.25) is 4.98 Å². The van der Waals surface area contributed by atoms with E-state index in [1.165, 1.54) is 12.5 Å². The molecule has 0 aliphatic heterocycles. The van der Waals surface area contributed by atoms with Crippen molar-refractivity contribution in [1.29, 1.82) is 0 Å². The first-order chi connectivity index (χ1) is 9.33. The zero-order valence-electron chi connectivity index (χ0n) is 12.8. The number of rotatable bonds is 1. The van der Waals surface area contributed by atoms with Crippen LogP contribution in [-0.2, 0) is 6.18 Å². The second kappa shape index (κ2) is 12.5. The maximum Gasteiger partial charge on any atom is 0.417 e. The smallest absolute Gasteiger partial charge is 0.261 e. The molecule has 0 amide bonds. The number of nitrogens with zero attached hydrogens (tertiary/aromatic N) is 1. The van der Waals surface area contributed by atoms with Crippen LogP contribution >= 0.6 is 0 Å². The highest BCUT2D eigenvalue weighted by Gasteiger charge is 2.30. The summed E-state index contributed by atoms with van der Waals surface area (Å²) in [6.07, 6.45) is 5.80. The molecule has 0 aliphatic carbocycles. The van der Waals surface area contributed by atoms with E-state index in [1.807, 2.05) is 38.2 Å². The van der Waals surface area contributed by atoms with Crippen LogP contribution in [0, 0.1) is 6.92 Å². The number of allylic oxidation sites excluding steroid dienone is 4. The number of halogens is 3. The van der Waals surface area contributed by atoms with Gasteiger partial charge in [-0.05, 0) is 32.9 Å². The van der Waals surface area contributed by atoms with Gasteiger partial charge in [0.05, 0.1) is 5.56 Å². The summed E-state index contributed by atoms with van der Waals surface area (Å²) in [4.78, 5) is 3.53. The van der Waals surface area contributed by atoms with Crippen LogP contribution in [0.5, 0.6) is 0 Å². The van der Waals surface area contributed by atoms with Crippen molar-refractivity contribution < 1.29 is 13.2 Å². The first-order valence-corrected chi connectivity index (χ1v) is 6.57. The van der Waals surface area contributed by atoms with E-state index < -0.39 is 11.7 Å². The molecule has 20 heavy (non-hydrogen) atoms. The third kappa shape index (κ3) is 12.9.